The molecule has 6 nitrogen and oxygen atoms in total. The van der Waals surface area contributed by atoms with Gasteiger partial charge in [-0.2, -0.15) is 0 Å². The highest BCUT2D eigenvalue weighted by atomic mass is 16.4. The Kier molecular flexibility index (Phi) is 4.45. The van der Waals surface area contributed by atoms with Gasteiger partial charge in [0.15, 0.2) is 5.82 Å². The SMILES string of the molecule is CC1C[C@H](C(=O)Nc2cccnc2N(C)C)[C@H](C(=O)O)C1. The minimum absolute atomic E-state index is 0.233. The molecule has 0 radical (unpaired) electrons. The molecular formula is C15H21N3O3. The fourth-order valence-electron chi connectivity index (χ4n) is 2.93. The summed E-state index contributed by atoms with van der Waals surface area (Å²) in [6.07, 6.45) is 2.82. The highest BCUT2D eigenvalue weighted by Crippen LogP contribution is 2.37. The standard InChI is InChI=1S/C15H21N3O3/c1-9-7-10(11(8-9)15(20)21)14(19)17-12-5-4-6-16-13(12)18(2)3/h4-6,9-11H,7-8H2,1-3H3,(H,17,19)(H,20,21)/t9?,10-,11+/m0/s1. The summed E-state index contributed by atoms with van der Waals surface area (Å²) in [5, 5.41) is 12.1. The number of carboxylic acids is 1. The number of carboxylic acid groups (broad SMARTS) is 1. The molecule has 1 saturated carbocycles. The Bertz CT molecular complexity index is 545. The Labute approximate surface area is 124 Å². The lowest BCUT2D eigenvalue weighted by atomic mass is 9.95. The molecule has 1 aliphatic rings. The topological polar surface area (TPSA) is 82.5 Å². The Morgan fingerprint density at radius 1 is 1.33 bits per heavy atom. The number of pyridine rings is 1. The number of rotatable bonds is 4. The van der Waals surface area contributed by atoms with Crippen LogP contribution in [0.2, 0.25) is 0 Å². The normalized spacial score (nSPS) is 24.6. The molecule has 3 atom stereocenters. The third kappa shape index (κ3) is 3.32. The van der Waals surface area contributed by atoms with Gasteiger partial charge in [-0.25, -0.2) is 4.98 Å². The first kappa shape index (κ1) is 15.3. The molecule has 1 unspecified atom stereocenters. The lowest BCUT2D eigenvalue weighted by Crippen LogP contribution is -2.30. The van der Waals surface area contributed by atoms with Crippen molar-refractivity contribution in [3.05, 3.63) is 18.3 Å². The van der Waals surface area contributed by atoms with Crippen molar-refractivity contribution >= 4 is 23.4 Å². The quantitative estimate of drug-likeness (QED) is 0.884. The predicted molar refractivity (Wildman–Crippen MR) is 80.2 cm³/mol. The number of amides is 1. The van der Waals surface area contributed by atoms with E-state index in [2.05, 4.69) is 10.3 Å². The van der Waals surface area contributed by atoms with Gasteiger partial charge < -0.3 is 15.3 Å². The molecule has 21 heavy (non-hydrogen) atoms. The summed E-state index contributed by atoms with van der Waals surface area (Å²) >= 11 is 0. The maximum absolute atomic E-state index is 12.4. The van der Waals surface area contributed by atoms with Crippen molar-refractivity contribution in [2.24, 2.45) is 17.8 Å². The lowest BCUT2D eigenvalue weighted by Gasteiger charge is -2.19. The van der Waals surface area contributed by atoms with Gasteiger partial charge in [0.2, 0.25) is 5.91 Å². The van der Waals surface area contributed by atoms with Crippen LogP contribution < -0.4 is 10.2 Å². The molecule has 1 heterocycles. The molecule has 1 aliphatic carbocycles. The summed E-state index contributed by atoms with van der Waals surface area (Å²) in [4.78, 5) is 29.7. The van der Waals surface area contributed by atoms with E-state index in [0.29, 0.717) is 24.3 Å². The van der Waals surface area contributed by atoms with Gasteiger partial charge in [-0.3, -0.25) is 9.59 Å². The number of hydrogen-bond donors (Lipinski definition) is 2. The number of hydrogen-bond acceptors (Lipinski definition) is 4. The molecule has 0 saturated heterocycles. The number of nitrogens with one attached hydrogen (secondary N) is 1. The summed E-state index contributed by atoms with van der Waals surface area (Å²) in [7, 11) is 3.69. The van der Waals surface area contributed by atoms with Gasteiger partial charge in [-0.05, 0) is 30.9 Å². The number of aromatic nitrogens is 1. The van der Waals surface area contributed by atoms with Gasteiger partial charge in [0.25, 0.3) is 0 Å². The summed E-state index contributed by atoms with van der Waals surface area (Å²) in [5.74, 6) is -1.29. The molecule has 0 aliphatic heterocycles. The van der Waals surface area contributed by atoms with E-state index in [-0.39, 0.29) is 11.8 Å². The van der Waals surface area contributed by atoms with E-state index in [1.54, 1.807) is 18.3 Å². The molecule has 1 aromatic heterocycles. The van der Waals surface area contributed by atoms with Crippen LogP contribution in [0.25, 0.3) is 0 Å². The smallest absolute Gasteiger partial charge is 0.307 e. The largest absolute Gasteiger partial charge is 0.481 e. The predicted octanol–water partition coefficient (Wildman–Crippen LogP) is 1.83. The molecule has 2 rings (SSSR count). The van der Waals surface area contributed by atoms with E-state index in [1.807, 2.05) is 25.9 Å². The van der Waals surface area contributed by atoms with Crippen molar-refractivity contribution in [2.45, 2.75) is 19.8 Å². The van der Waals surface area contributed by atoms with Gasteiger partial charge in [0.05, 0.1) is 17.5 Å². The molecule has 114 valence electrons. The zero-order valence-electron chi connectivity index (χ0n) is 12.5. The lowest BCUT2D eigenvalue weighted by molar-refractivity contribution is -0.145. The van der Waals surface area contributed by atoms with Crippen molar-refractivity contribution in [1.29, 1.82) is 0 Å². The molecule has 1 aromatic rings. The van der Waals surface area contributed by atoms with E-state index in [0.717, 1.165) is 0 Å². The average Bonchev–Trinajstić information content (AvgIpc) is 2.81. The summed E-state index contributed by atoms with van der Waals surface area (Å²) < 4.78 is 0. The van der Waals surface area contributed by atoms with Gasteiger partial charge in [-0.15, -0.1) is 0 Å². The fraction of sp³-hybridized carbons (Fsp3) is 0.533. The van der Waals surface area contributed by atoms with Crippen molar-refractivity contribution in [2.75, 3.05) is 24.3 Å². The van der Waals surface area contributed by atoms with Gasteiger partial charge in [-0.1, -0.05) is 6.92 Å². The minimum Gasteiger partial charge on any atom is -0.481 e. The van der Waals surface area contributed by atoms with Crippen LogP contribution in [-0.2, 0) is 9.59 Å². The van der Waals surface area contributed by atoms with Crippen LogP contribution >= 0.6 is 0 Å². The maximum atomic E-state index is 12.4. The summed E-state index contributed by atoms with van der Waals surface area (Å²) in [6.45, 7) is 1.98. The number of carbonyl (C=O) groups is 2. The van der Waals surface area contributed by atoms with Crippen LogP contribution in [-0.4, -0.2) is 36.1 Å². The Hall–Kier alpha value is -2.11. The molecule has 0 aromatic carbocycles. The van der Waals surface area contributed by atoms with Crippen molar-refractivity contribution in [3.8, 4) is 0 Å². The Morgan fingerprint density at radius 2 is 2.00 bits per heavy atom. The van der Waals surface area contributed by atoms with E-state index < -0.39 is 17.8 Å². The third-order valence-corrected chi connectivity index (χ3v) is 3.92. The van der Waals surface area contributed by atoms with Crippen LogP contribution in [0.4, 0.5) is 11.5 Å². The Balaban J connectivity index is 2.16. The van der Waals surface area contributed by atoms with E-state index in [9.17, 15) is 14.7 Å². The molecule has 1 fully saturated rings. The first-order valence-corrected chi connectivity index (χ1v) is 7.06. The summed E-state index contributed by atoms with van der Waals surface area (Å²) in [6, 6.07) is 3.52. The molecule has 0 bridgehead atoms. The Morgan fingerprint density at radius 3 is 2.62 bits per heavy atom. The van der Waals surface area contributed by atoms with Crippen LogP contribution in [0.1, 0.15) is 19.8 Å². The molecule has 0 spiro atoms. The van der Waals surface area contributed by atoms with Crippen LogP contribution in [0.5, 0.6) is 0 Å². The second kappa shape index (κ2) is 6.11. The van der Waals surface area contributed by atoms with E-state index >= 15 is 0 Å². The highest BCUT2D eigenvalue weighted by Gasteiger charge is 2.41. The van der Waals surface area contributed by atoms with E-state index in [4.69, 9.17) is 0 Å². The summed E-state index contributed by atoms with van der Waals surface area (Å²) in [5.41, 5.74) is 0.608. The number of anilines is 2. The van der Waals surface area contributed by atoms with Crippen molar-refractivity contribution < 1.29 is 14.7 Å². The van der Waals surface area contributed by atoms with Gasteiger partial charge in [0.1, 0.15) is 0 Å². The number of carbonyl (C=O) groups excluding carboxylic acids is 1. The molecule has 6 heteroatoms. The zero-order valence-corrected chi connectivity index (χ0v) is 12.5. The number of aliphatic carboxylic acids is 1. The van der Waals surface area contributed by atoms with Gasteiger partial charge in [0, 0.05) is 20.3 Å². The maximum Gasteiger partial charge on any atom is 0.307 e. The molecular weight excluding hydrogens is 270 g/mol. The van der Waals surface area contributed by atoms with Crippen molar-refractivity contribution in [1.82, 2.24) is 4.98 Å². The molecule has 1 amide bonds. The minimum atomic E-state index is -0.890. The number of nitrogens with zero attached hydrogens (tertiary/aromatic N) is 2. The molecule has 2 N–H and O–H groups in total. The van der Waals surface area contributed by atoms with Crippen LogP contribution in [0, 0.1) is 17.8 Å². The average molecular weight is 291 g/mol. The van der Waals surface area contributed by atoms with Crippen molar-refractivity contribution in [3.63, 3.8) is 0 Å². The first-order chi connectivity index (χ1) is 9.90. The first-order valence-electron chi connectivity index (χ1n) is 7.06. The second-order valence-corrected chi connectivity index (χ2v) is 5.89. The van der Waals surface area contributed by atoms with Crippen LogP contribution in [0.15, 0.2) is 18.3 Å². The van der Waals surface area contributed by atoms with Crippen LogP contribution in [0.3, 0.4) is 0 Å². The zero-order chi connectivity index (χ0) is 15.6. The van der Waals surface area contributed by atoms with Gasteiger partial charge >= 0.3 is 5.97 Å². The monoisotopic (exact) mass is 291 g/mol. The van der Waals surface area contributed by atoms with E-state index in [1.165, 1.54) is 0 Å². The highest BCUT2D eigenvalue weighted by molar-refractivity contribution is 5.97. The third-order valence-electron chi connectivity index (χ3n) is 3.92. The fourth-order valence-corrected chi connectivity index (χ4v) is 2.93. The second-order valence-electron chi connectivity index (χ2n) is 5.89.